The largest absolute Gasteiger partial charge is 0.490 e. The topological polar surface area (TPSA) is 82.1 Å². The van der Waals surface area contributed by atoms with Crippen molar-refractivity contribution in [2.75, 3.05) is 32.9 Å². The van der Waals surface area contributed by atoms with Gasteiger partial charge in [0.15, 0.2) is 11.5 Å². The number of esters is 1. The summed E-state index contributed by atoms with van der Waals surface area (Å²) in [6.07, 6.45) is 1.55. The van der Waals surface area contributed by atoms with Gasteiger partial charge in [0.1, 0.15) is 6.61 Å². The van der Waals surface area contributed by atoms with Gasteiger partial charge in [-0.25, -0.2) is 8.42 Å². The molecule has 7 nitrogen and oxygen atoms in total. The minimum Gasteiger partial charge on any atom is -0.490 e. The summed E-state index contributed by atoms with van der Waals surface area (Å²) in [6.45, 7) is 4.96. The van der Waals surface area contributed by atoms with Crippen molar-refractivity contribution in [1.82, 2.24) is 4.31 Å². The van der Waals surface area contributed by atoms with E-state index in [0.29, 0.717) is 37.6 Å². The summed E-state index contributed by atoms with van der Waals surface area (Å²) in [5.74, 6) is 0.280. The van der Waals surface area contributed by atoms with Crippen molar-refractivity contribution < 1.29 is 27.4 Å². The molecule has 0 spiro atoms. The molecule has 0 saturated carbocycles. The highest BCUT2D eigenvalue weighted by atomic mass is 35.5. The van der Waals surface area contributed by atoms with Crippen LogP contribution in [0.5, 0.6) is 11.5 Å². The minimum atomic E-state index is -3.67. The summed E-state index contributed by atoms with van der Waals surface area (Å²) < 4.78 is 43.4. The number of ether oxygens (including phenoxy) is 3. The van der Waals surface area contributed by atoms with Gasteiger partial charge in [-0.2, -0.15) is 4.31 Å². The summed E-state index contributed by atoms with van der Waals surface area (Å²) >= 11 is 5.59. The average Bonchev–Trinajstić information content (AvgIpc) is 2.91. The first-order valence-electron chi connectivity index (χ1n) is 8.77. The second-order valence-corrected chi connectivity index (χ2v) is 8.93. The lowest BCUT2D eigenvalue weighted by Gasteiger charge is -2.30. The molecular weight excluding hydrogens is 394 g/mol. The Bertz CT molecular complexity index is 817. The number of sulfonamides is 1. The zero-order valence-corrected chi connectivity index (χ0v) is 16.4. The molecule has 1 saturated heterocycles. The molecular formula is C18H22ClNO6S. The molecule has 0 bridgehead atoms. The zero-order valence-electron chi connectivity index (χ0n) is 14.9. The number of rotatable bonds is 5. The summed E-state index contributed by atoms with van der Waals surface area (Å²) in [5, 5.41) is 0.248. The molecule has 27 heavy (non-hydrogen) atoms. The lowest BCUT2D eigenvalue weighted by Crippen LogP contribution is -2.40. The van der Waals surface area contributed by atoms with Crippen molar-refractivity contribution in [3.05, 3.63) is 29.8 Å². The number of benzene rings is 1. The molecule has 0 N–H and O–H groups in total. The van der Waals surface area contributed by atoms with E-state index >= 15 is 0 Å². The van der Waals surface area contributed by atoms with Crippen LogP contribution in [-0.2, 0) is 19.6 Å². The predicted octanol–water partition coefficient (Wildman–Crippen LogP) is 2.54. The van der Waals surface area contributed by atoms with Crippen LogP contribution in [0.15, 0.2) is 34.7 Å². The Morgan fingerprint density at radius 3 is 2.56 bits per heavy atom. The molecule has 1 aromatic rings. The van der Waals surface area contributed by atoms with E-state index in [1.165, 1.54) is 16.4 Å². The number of nitrogens with zero attached hydrogens (tertiary/aromatic N) is 1. The van der Waals surface area contributed by atoms with Gasteiger partial charge in [-0.05, 0) is 25.0 Å². The normalized spacial score (nSPS) is 18.6. The van der Waals surface area contributed by atoms with Gasteiger partial charge in [0.25, 0.3) is 0 Å². The van der Waals surface area contributed by atoms with Crippen LogP contribution in [0.4, 0.5) is 0 Å². The minimum absolute atomic E-state index is 0.0316. The molecule has 1 fully saturated rings. The molecule has 0 unspecified atom stereocenters. The number of hydrogen-bond donors (Lipinski definition) is 0. The van der Waals surface area contributed by atoms with Gasteiger partial charge in [-0.1, -0.05) is 18.2 Å². The Kier molecular flexibility index (Phi) is 6.29. The van der Waals surface area contributed by atoms with Gasteiger partial charge in [0.05, 0.1) is 24.0 Å². The Balaban J connectivity index is 1.66. The smallest absolute Gasteiger partial charge is 0.309 e. The third-order valence-electron chi connectivity index (χ3n) is 4.52. The van der Waals surface area contributed by atoms with Gasteiger partial charge in [-0.3, -0.25) is 4.79 Å². The summed E-state index contributed by atoms with van der Waals surface area (Å²) in [5.41, 5.74) is 0. The first-order chi connectivity index (χ1) is 12.9. The molecule has 2 heterocycles. The molecule has 2 aliphatic heterocycles. The van der Waals surface area contributed by atoms with E-state index in [1.54, 1.807) is 6.07 Å². The third kappa shape index (κ3) is 4.75. The summed E-state index contributed by atoms with van der Waals surface area (Å²) in [6, 6.07) is 4.65. The van der Waals surface area contributed by atoms with E-state index in [1.807, 2.05) is 0 Å². The molecule has 148 valence electrons. The van der Waals surface area contributed by atoms with Gasteiger partial charge >= 0.3 is 5.97 Å². The summed E-state index contributed by atoms with van der Waals surface area (Å²) in [7, 11) is -3.67. The number of piperidine rings is 1. The van der Waals surface area contributed by atoms with Crippen LogP contribution in [-0.4, -0.2) is 51.6 Å². The molecule has 0 amide bonds. The second-order valence-electron chi connectivity index (χ2n) is 6.46. The molecule has 3 rings (SSSR count). The van der Waals surface area contributed by atoms with E-state index in [9.17, 15) is 13.2 Å². The molecule has 0 aliphatic carbocycles. The van der Waals surface area contributed by atoms with Crippen molar-refractivity contribution in [2.24, 2.45) is 5.92 Å². The molecule has 0 radical (unpaired) electrons. The van der Waals surface area contributed by atoms with Crippen LogP contribution in [0.3, 0.4) is 0 Å². The molecule has 2 aliphatic rings. The van der Waals surface area contributed by atoms with Crippen molar-refractivity contribution in [3.8, 4) is 11.5 Å². The van der Waals surface area contributed by atoms with E-state index in [4.69, 9.17) is 25.8 Å². The maximum absolute atomic E-state index is 12.9. The Hall–Kier alpha value is -1.77. The number of fused-ring (bicyclic) bond motifs is 1. The highest BCUT2D eigenvalue weighted by Crippen LogP contribution is 2.33. The van der Waals surface area contributed by atoms with Gasteiger partial charge in [0, 0.05) is 30.6 Å². The van der Waals surface area contributed by atoms with Crippen molar-refractivity contribution >= 4 is 27.6 Å². The number of carbonyl (C=O) groups excluding carboxylic acids is 1. The van der Waals surface area contributed by atoms with Gasteiger partial charge < -0.3 is 14.2 Å². The van der Waals surface area contributed by atoms with E-state index in [0.717, 1.165) is 6.42 Å². The van der Waals surface area contributed by atoms with Crippen LogP contribution in [0.1, 0.15) is 19.3 Å². The predicted molar refractivity (Wildman–Crippen MR) is 99.5 cm³/mol. The number of halogens is 1. The number of carbonyl (C=O) groups is 1. The SMILES string of the molecule is C=C(Cl)COC(=O)C1CCN(S(=O)(=O)c2ccc3c(c2)OCCCO3)CC1. The van der Waals surface area contributed by atoms with E-state index in [2.05, 4.69) is 6.58 Å². The van der Waals surface area contributed by atoms with Crippen LogP contribution in [0.2, 0.25) is 0 Å². The standard InChI is InChI=1S/C18H22ClNO6S/c1-13(19)12-26-18(21)14-5-7-20(8-6-14)27(22,23)15-3-4-16-17(11-15)25-10-2-9-24-16/h3-4,11,14H,1-2,5-10,12H2. The Morgan fingerprint density at radius 2 is 1.89 bits per heavy atom. The highest BCUT2D eigenvalue weighted by molar-refractivity contribution is 7.89. The maximum Gasteiger partial charge on any atom is 0.309 e. The first-order valence-corrected chi connectivity index (χ1v) is 10.6. The highest BCUT2D eigenvalue weighted by Gasteiger charge is 2.33. The van der Waals surface area contributed by atoms with Crippen LogP contribution in [0, 0.1) is 5.92 Å². The fraction of sp³-hybridized carbons (Fsp3) is 0.500. The zero-order chi connectivity index (χ0) is 19.4. The molecule has 1 aromatic carbocycles. The monoisotopic (exact) mass is 415 g/mol. The van der Waals surface area contributed by atoms with Gasteiger partial charge in [0.2, 0.25) is 10.0 Å². The second kappa shape index (κ2) is 8.50. The first kappa shape index (κ1) is 20.0. The van der Waals surface area contributed by atoms with E-state index in [-0.39, 0.29) is 41.5 Å². The fourth-order valence-electron chi connectivity index (χ4n) is 3.05. The van der Waals surface area contributed by atoms with Crippen LogP contribution >= 0.6 is 11.6 Å². The quantitative estimate of drug-likeness (QED) is 0.687. The molecule has 0 aromatic heterocycles. The van der Waals surface area contributed by atoms with Crippen LogP contribution < -0.4 is 9.47 Å². The van der Waals surface area contributed by atoms with Crippen molar-refractivity contribution in [3.63, 3.8) is 0 Å². The Morgan fingerprint density at radius 1 is 1.22 bits per heavy atom. The maximum atomic E-state index is 12.9. The van der Waals surface area contributed by atoms with Crippen molar-refractivity contribution in [1.29, 1.82) is 0 Å². The lowest BCUT2D eigenvalue weighted by atomic mass is 9.98. The average molecular weight is 416 g/mol. The fourth-order valence-corrected chi connectivity index (χ4v) is 4.59. The molecule has 9 heteroatoms. The summed E-state index contributed by atoms with van der Waals surface area (Å²) in [4.78, 5) is 12.2. The van der Waals surface area contributed by atoms with Gasteiger partial charge in [-0.15, -0.1) is 0 Å². The van der Waals surface area contributed by atoms with Crippen LogP contribution in [0.25, 0.3) is 0 Å². The van der Waals surface area contributed by atoms with E-state index < -0.39 is 10.0 Å². The lowest BCUT2D eigenvalue weighted by molar-refractivity contribution is -0.148. The Labute approximate surface area is 163 Å². The third-order valence-corrected chi connectivity index (χ3v) is 6.52. The molecule has 0 atom stereocenters. The van der Waals surface area contributed by atoms with Crippen molar-refractivity contribution in [2.45, 2.75) is 24.2 Å². The number of hydrogen-bond acceptors (Lipinski definition) is 6.